The first-order valence-electron chi connectivity index (χ1n) is 34.3. The number of rotatable bonds is 66. The molecule has 17 nitrogen and oxygen atoms in total. The Labute approximate surface area is 511 Å². The van der Waals surface area contributed by atoms with E-state index >= 15 is 0 Å². The number of hydrogen-bond donors (Lipinski definition) is 3. The lowest BCUT2D eigenvalue weighted by Crippen LogP contribution is -2.30. The van der Waals surface area contributed by atoms with Crippen LogP contribution in [0.5, 0.6) is 0 Å². The van der Waals surface area contributed by atoms with E-state index in [0.717, 1.165) is 103 Å². The second-order valence-corrected chi connectivity index (χ2v) is 26.4. The van der Waals surface area contributed by atoms with E-state index in [1.807, 2.05) is 0 Å². The molecule has 0 aromatic carbocycles. The highest BCUT2D eigenvalue weighted by molar-refractivity contribution is 7.47. The minimum Gasteiger partial charge on any atom is -0.462 e. The van der Waals surface area contributed by atoms with Gasteiger partial charge in [-0.25, -0.2) is 9.13 Å². The quantitative estimate of drug-likeness (QED) is 0.0222. The Morgan fingerprint density at radius 1 is 0.286 bits per heavy atom. The third kappa shape index (κ3) is 59.0. The summed E-state index contributed by atoms with van der Waals surface area (Å²) < 4.78 is 67.9. The van der Waals surface area contributed by atoms with Crippen molar-refractivity contribution in [1.82, 2.24) is 0 Å². The molecule has 0 aliphatic carbocycles. The molecular formula is C65H126O17P2. The van der Waals surface area contributed by atoms with Crippen LogP contribution in [0.15, 0.2) is 0 Å². The van der Waals surface area contributed by atoms with E-state index in [4.69, 9.17) is 37.0 Å². The zero-order valence-corrected chi connectivity index (χ0v) is 55.7. The van der Waals surface area contributed by atoms with Gasteiger partial charge in [0.05, 0.1) is 26.4 Å². The van der Waals surface area contributed by atoms with Crippen LogP contribution in [0.25, 0.3) is 0 Å². The van der Waals surface area contributed by atoms with E-state index in [0.29, 0.717) is 25.7 Å². The predicted octanol–water partition coefficient (Wildman–Crippen LogP) is 18.3. The molecule has 0 aliphatic heterocycles. The van der Waals surface area contributed by atoms with Gasteiger partial charge in [0.25, 0.3) is 0 Å². The van der Waals surface area contributed by atoms with Gasteiger partial charge in [0.2, 0.25) is 0 Å². The van der Waals surface area contributed by atoms with Gasteiger partial charge in [-0.15, -0.1) is 0 Å². The number of hydrogen-bond acceptors (Lipinski definition) is 15. The first kappa shape index (κ1) is 82.1. The Balaban J connectivity index is 5.19. The molecule has 0 radical (unpaired) electrons. The maximum atomic E-state index is 13.0. The molecule has 3 N–H and O–H groups in total. The van der Waals surface area contributed by atoms with Crippen molar-refractivity contribution in [2.45, 2.75) is 354 Å². The Morgan fingerprint density at radius 2 is 0.476 bits per heavy atom. The average Bonchev–Trinajstić information content (AvgIpc) is 3.64. The summed E-state index contributed by atoms with van der Waals surface area (Å²) in [6.45, 7) is 4.86. The van der Waals surface area contributed by atoms with Gasteiger partial charge < -0.3 is 33.8 Å². The minimum absolute atomic E-state index is 0.105. The SMILES string of the molecule is CCCCCCCCCCCCCCCCCCC(=O)O[C@H](COC(=O)CCCCCCCCCCCCCC)COP(=O)(O)OC[C@@H](O)COP(=O)(O)OC[C@@H](COC(=O)CCCCCCCCCC)OC(=O)CCCCCCCCCC. The van der Waals surface area contributed by atoms with Gasteiger partial charge in [-0.1, -0.05) is 285 Å². The van der Waals surface area contributed by atoms with Crippen molar-refractivity contribution in [2.24, 2.45) is 0 Å². The van der Waals surface area contributed by atoms with Gasteiger partial charge in [-0.05, 0) is 25.7 Å². The molecule has 19 heteroatoms. The molecular weight excluding hydrogens is 1110 g/mol. The standard InChI is InChI=1S/C65H126O17P2/c1-5-9-13-17-21-25-27-29-30-31-32-34-36-40-44-48-52-65(70)82-61(56-76-63(68)50-46-42-39-35-33-28-26-22-18-14-10-6-2)58-80-84(73,74)78-54-59(66)53-77-83(71,72)79-57-60(81-64(69)51-47-43-38-24-20-16-12-8-4)55-75-62(67)49-45-41-37-23-19-15-11-7-3/h59-61,66H,5-58H2,1-4H3,(H,71,72)(H,73,74)/t59-,60+,61+/m0/s1. The highest BCUT2D eigenvalue weighted by Crippen LogP contribution is 2.45. The van der Waals surface area contributed by atoms with Gasteiger partial charge in [0.1, 0.15) is 19.3 Å². The van der Waals surface area contributed by atoms with E-state index in [9.17, 15) is 43.2 Å². The lowest BCUT2D eigenvalue weighted by Gasteiger charge is -2.21. The second kappa shape index (κ2) is 60.0. The first-order valence-corrected chi connectivity index (χ1v) is 37.3. The number of carbonyl (C=O) groups is 4. The van der Waals surface area contributed by atoms with Crippen molar-refractivity contribution in [2.75, 3.05) is 39.6 Å². The van der Waals surface area contributed by atoms with Crippen molar-refractivity contribution in [3.05, 3.63) is 0 Å². The molecule has 0 rings (SSSR count). The highest BCUT2D eigenvalue weighted by Gasteiger charge is 2.30. The van der Waals surface area contributed by atoms with E-state index in [1.165, 1.54) is 154 Å². The molecule has 0 heterocycles. The number of unbranched alkanes of at least 4 members (excludes halogenated alkanes) is 40. The van der Waals surface area contributed by atoms with Crippen LogP contribution >= 0.6 is 15.6 Å². The molecule has 0 aromatic heterocycles. The Kier molecular flexibility index (Phi) is 58.6. The van der Waals surface area contributed by atoms with Gasteiger partial charge in [0.15, 0.2) is 12.2 Å². The number of aliphatic hydroxyl groups is 1. The fourth-order valence-electron chi connectivity index (χ4n) is 9.81. The van der Waals surface area contributed by atoms with Crippen LogP contribution in [0.1, 0.15) is 336 Å². The number of phosphoric acid groups is 2. The first-order chi connectivity index (χ1) is 40.7. The fraction of sp³-hybridized carbons (Fsp3) is 0.938. The zero-order chi connectivity index (χ0) is 61.9. The number of aliphatic hydroxyl groups excluding tert-OH is 1. The molecule has 5 atom stereocenters. The van der Waals surface area contributed by atoms with E-state index in [2.05, 4.69) is 27.7 Å². The monoisotopic (exact) mass is 1240 g/mol. The van der Waals surface area contributed by atoms with Crippen LogP contribution in [0.3, 0.4) is 0 Å². The van der Waals surface area contributed by atoms with Gasteiger partial charge in [-0.3, -0.25) is 37.3 Å². The predicted molar refractivity (Wildman–Crippen MR) is 335 cm³/mol. The molecule has 0 bridgehead atoms. The molecule has 0 aromatic rings. The van der Waals surface area contributed by atoms with Crippen molar-refractivity contribution in [3.8, 4) is 0 Å². The lowest BCUT2D eigenvalue weighted by atomic mass is 10.0. The second-order valence-electron chi connectivity index (χ2n) is 23.5. The van der Waals surface area contributed by atoms with Crippen LogP contribution in [0, 0.1) is 0 Å². The van der Waals surface area contributed by atoms with Gasteiger partial charge in [-0.2, -0.15) is 0 Å². The summed E-state index contributed by atoms with van der Waals surface area (Å²) in [6.07, 6.45) is 45.9. The minimum atomic E-state index is -4.94. The number of phosphoric ester groups is 2. The van der Waals surface area contributed by atoms with Crippen molar-refractivity contribution < 1.29 is 80.2 Å². The molecule has 84 heavy (non-hydrogen) atoms. The van der Waals surface area contributed by atoms with E-state index in [1.54, 1.807) is 0 Å². The summed E-state index contributed by atoms with van der Waals surface area (Å²) in [5.41, 5.74) is 0. The Bertz CT molecular complexity index is 1620. The van der Waals surface area contributed by atoms with E-state index < -0.39 is 97.5 Å². The molecule has 0 spiro atoms. The van der Waals surface area contributed by atoms with E-state index in [-0.39, 0.29) is 25.7 Å². The average molecular weight is 1240 g/mol. The lowest BCUT2D eigenvalue weighted by molar-refractivity contribution is -0.161. The molecule has 0 aliphatic rings. The molecule has 0 amide bonds. The normalized spacial score (nSPS) is 14.1. The summed E-state index contributed by atoms with van der Waals surface area (Å²) in [5.74, 6) is -2.13. The topological polar surface area (TPSA) is 237 Å². The number of ether oxygens (including phenoxy) is 4. The molecule has 2 unspecified atom stereocenters. The number of esters is 4. The summed E-state index contributed by atoms with van der Waals surface area (Å²) >= 11 is 0. The summed E-state index contributed by atoms with van der Waals surface area (Å²) in [6, 6.07) is 0. The van der Waals surface area contributed by atoms with Gasteiger partial charge in [0, 0.05) is 25.7 Å². The van der Waals surface area contributed by atoms with Crippen molar-refractivity contribution in [1.29, 1.82) is 0 Å². The van der Waals surface area contributed by atoms with Crippen molar-refractivity contribution in [3.63, 3.8) is 0 Å². The summed E-state index contributed by atoms with van der Waals surface area (Å²) in [5, 5.41) is 10.5. The van der Waals surface area contributed by atoms with Crippen LogP contribution < -0.4 is 0 Å². The highest BCUT2D eigenvalue weighted by atomic mass is 31.2. The summed E-state index contributed by atoms with van der Waals surface area (Å²) in [7, 11) is -9.88. The third-order valence-electron chi connectivity index (χ3n) is 15.1. The maximum Gasteiger partial charge on any atom is 0.472 e. The van der Waals surface area contributed by atoms with Crippen LogP contribution in [0.4, 0.5) is 0 Å². The number of carbonyl (C=O) groups excluding carboxylic acids is 4. The van der Waals surface area contributed by atoms with Crippen LogP contribution in [-0.2, 0) is 65.4 Å². The molecule has 0 saturated heterocycles. The fourth-order valence-corrected chi connectivity index (χ4v) is 11.4. The largest absolute Gasteiger partial charge is 0.472 e. The van der Waals surface area contributed by atoms with Crippen molar-refractivity contribution >= 4 is 39.5 Å². The molecule has 498 valence electrons. The van der Waals surface area contributed by atoms with Gasteiger partial charge >= 0.3 is 39.5 Å². The Morgan fingerprint density at radius 3 is 0.702 bits per heavy atom. The maximum absolute atomic E-state index is 13.0. The zero-order valence-electron chi connectivity index (χ0n) is 53.9. The molecule has 0 saturated carbocycles. The van der Waals surface area contributed by atoms with Crippen LogP contribution in [0.2, 0.25) is 0 Å². The molecule has 0 fully saturated rings. The smallest absolute Gasteiger partial charge is 0.462 e. The van der Waals surface area contributed by atoms with Crippen LogP contribution in [-0.4, -0.2) is 96.7 Å². The Hall–Kier alpha value is -1.94. The third-order valence-corrected chi connectivity index (χ3v) is 17.0. The summed E-state index contributed by atoms with van der Waals surface area (Å²) in [4.78, 5) is 72.1.